The highest BCUT2D eigenvalue weighted by Crippen LogP contribution is 2.31. The minimum absolute atomic E-state index is 0.0382. The predicted octanol–water partition coefficient (Wildman–Crippen LogP) is 4.19. The fourth-order valence-electron chi connectivity index (χ4n) is 4.37. The fourth-order valence-corrected chi connectivity index (χ4v) is 4.54. The van der Waals surface area contributed by atoms with E-state index in [1.807, 2.05) is 28.9 Å². The molecule has 1 atom stereocenters. The maximum absolute atomic E-state index is 6.27. The minimum Gasteiger partial charge on any atom is -0.467 e. The Balaban J connectivity index is 1.41. The largest absolute Gasteiger partial charge is 0.467 e. The van der Waals surface area contributed by atoms with E-state index >= 15 is 0 Å². The second kappa shape index (κ2) is 9.14. The lowest BCUT2D eigenvalue weighted by atomic mass is 10.0. The Morgan fingerprint density at radius 1 is 1.00 bits per heavy atom. The molecule has 8 heteroatoms. The summed E-state index contributed by atoms with van der Waals surface area (Å²) in [6.45, 7) is 6.22. The number of benzene rings is 2. The number of tetrazole rings is 1. The number of aromatic nitrogens is 4. The molecule has 1 fully saturated rings. The number of hydrogen-bond donors (Lipinski definition) is 0. The van der Waals surface area contributed by atoms with Crippen molar-refractivity contribution in [3.05, 3.63) is 94.7 Å². The van der Waals surface area contributed by atoms with Gasteiger partial charge in [0.25, 0.3) is 0 Å². The molecule has 5 rings (SSSR count). The molecular formula is C24H25ClN6O. The smallest absolute Gasteiger partial charge is 0.173 e. The second-order valence-corrected chi connectivity index (χ2v) is 8.48. The molecule has 1 aliphatic heterocycles. The quantitative estimate of drug-likeness (QED) is 0.440. The van der Waals surface area contributed by atoms with Gasteiger partial charge in [0.2, 0.25) is 0 Å². The van der Waals surface area contributed by atoms with Crippen molar-refractivity contribution in [2.45, 2.75) is 19.5 Å². The highest BCUT2D eigenvalue weighted by atomic mass is 35.5. The molecule has 4 aromatic rings. The van der Waals surface area contributed by atoms with Gasteiger partial charge in [-0.05, 0) is 52.7 Å². The molecule has 0 amide bonds. The summed E-state index contributed by atoms with van der Waals surface area (Å²) in [6, 6.07) is 20.3. The molecule has 164 valence electrons. The topological polar surface area (TPSA) is 63.2 Å². The predicted molar refractivity (Wildman–Crippen MR) is 124 cm³/mol. The lowest BCUT2D eigenvalue weighted by Gasteiger charge is -2.40. The number of rotatable bonds is 6. The van der Waals surface area contributed by atoms with Crippen LogP contribution < -0.4 is 4.90 Å². The van der Waals surface area contributed by atoms with Crippen molar-refractivity contribution in [3.63, 3.8) is 0 Å². The van der Waals surface area contributed by atoms with Gasteiger partial charge in [0.15, 0.2) is 5.82 Å². The molecule has 7 nitrogen and oxygen atoms in total. The van der Waals surface area contributed by atoms with E-state index in [9.17, 15) is 0 Å². The first kappa shape index (κ1) is 20.7. The van der Waals surface area contributed by atoms with Gasteiger partial charge in [0.05, 0.1) is 12.3 Å². The van der Waals surface area contributed by atoms with Gasteiger partial charge < -0.3 is 9.32 Å². The van der Waals surface area contributed by atoms with Crippen LogP contribution in [0.15, 0.2) is 71.3 Å². The standard InChI is InChI=1S/C24H25ClN6O/c1-18-9-10-20(25)16-22(18)29-11-13-30(14-12-29)23(19-6-3-2-4-7-19)24-26-27-28-31(24)17-21-8-5-15-32-21/h2-10,15-16,23H,11-14,17H2,1H3. The van der Waals surface area contributed by atoms with Crippen molar-refractivity contribution in [1.82, 2.24) is 25.1 Å². The molecule has 0 N–H and O–H groups in total. The highest BCUT2D eigenvalue weighted by Gasteiger charge is 2.31. The average Bonchev–Trinajstić information content (AvgIpc) is 3.50. The third-order valence-electron chi connectivity index (χ3n) is 6.00. The number of furan rings is 1. The number of aryl methyl sites for hydroxylation is 1. The fraction of sp³-hybridized carbons (Fsp3) is 0.292. The zero-order chi connectivity index (χ0) is 21.9. The maximum atomic E-state index is 6.27. The van der Waals surface area contributed by atoms with Crippen molar-refractivity contribution in [3.8, 4) is 0 Å². The molecule has 32 heavy (non-hydrogen) atoms. The van der Waals surface area contributed by atoms with E-state index in [4.69, 9.17) is 16.0 Å². The number of halogens is 1. The van der Waals surface area contributed by atoms with E-state index in [0.717, 1.165) is 42.8 Å². The third-order valence-corrected chi connectivity index (χ3v) is 6.23. The third kappa shape index (κ3) is 4.26. The first-order valence-corrected chi connectivity index (χ1v) is 11.2. The second-order valence-electron chi connectivity index (χ2n) is 8.04. The van der Waals surface area contributed by atoms with Crippen molar-refractivity contribution >= 4 is 17.3 Å². The molecule has 1 unspecified atom stereocenters. The molecule has 0 bridgehead atoms. The summed E-state index contributed by atoms with van der Waals surface area (Å²) in [6.07, 6.45) is 1.67. The van der Waals surface area contributed by atoms with Crippen LogP contribution in [-0.2, 0) is 6.54 Å². The van der Waals surface area contributed by atoms with E-state index in [-0.39, 0.29) is 6.04 Å². The van der Waals surface area contributed by atoms with Gasteiger partial charge in [-0.2, -0.15) is 0 Å². The highest BCUT2D eigenvalue weighted by molar-refractivity contribution is 6.30. The van der Waals surface area contributed by atoms with E-state index in [1.54, 1.807) is 6.26 Å². The van der Waals surface area contributed by atoms with Crippen LogP contribution in [0.2, 0.25) is 5.02 Å². The molecule has 0 spiro atoms. The van der Waals surface area contributed by atoms with Gasteiger partial charge in [0, 0.05) is 36.9 Å². The van der Waals surface area contributed by atoms with Gasteiger partial charge in [0.1, 0.15) is 12.3 Å². The summed E-state index contributed by atoms with van der Waals surface area (Å²) < 4.78 is 7.37. The molecule has 2 aromatic heterocycles. The molecule has 1 aliphatic rings. The summed E-state index contributed by atoms with van der Waals surface area (Å²) in [4.78, 5) is 4.86. The summed E-state index contributed by atoms with van der Waals surface area (Å²) in [5.41, 5.74) is 3.62. The van der Waals surface area contributed by atoms with Gasteiger partial charge >= 0.3 is 0 Å². The Morgan fingerprint density at radius 2 is 1.81 bits per heavy atom. The first-order chi connectivity index (χ1) is 15.7. The Morgan fingerprint density at radius 3 is 2.56 bits per heavy atom. The van der Waals surface area contributed by atoms with Crippen molar-refractivity contribution in [1.29, 1.82) is 0 Å². The molecule has 0 saturated carbocycles. The normalized spacial score (nSPS) is 15.8. The Labute approximate surface area is 192 Å². The maximum Gasteiger partial charge on any atom is 0.173 e. The van der Waals surface area contributed by atoms with Gasteiger partial charge in [-0.15, -0.1) is 5.10 Å². The van der Waals surface area contributed by atoms with Crippen LogP contribution in [0.3, 0.4) is 0 Å². The van der Waals surface area contributed by atoms with Crippen LogP contribution in [0, 0.1) is 6.92 Å². The Hall–Kier alpha value is -3.16. The number of hydrogen-bond acceptors (Lipinski definition) is 6. The summed E-state index contributed by atoms with van der Waals surface area (Å²) in [7, 11) is 0. The van der Waals surface area contributed by atoms with Crippen LogP contribution >= 0.6 is 11.6 Å². The van der Waals surface area contributed by atoms with Crippen LogP contribution in [0.25, 0.3) is 0 Å². The Kier molecular flexibility index (Phi) is 5.92. The Bertz CT molecular complexity index is 1150. The zero-order valence-electron chi connectivity index (χ0n) is 17.9. The first-order valence-electron chi connectivity index (χ1n) is 10.8. The van der Waals surface area contributed by atoms with Gasteiger partial charge in [-0.3, -0.25) is 4.90 Å². The summed E-state index contributed by atoms with van der Waals surface area (Å²) in [5, 5.41) is 13.5. The molecular weight excluding hydrogens is 424 g/mol. The molecule has 0 radical (unpaired) electrons. The van der Waals surface area contributed by atoms with Crippen LogP contribution in [0.4, 0.5) is 5.69 Å². The van der Waals surface area contributed by atoms with E-state index in [1.165, 1.54) is 16.8 Å². The van der Waals surface area contributed by atoms with E-state index in [2.05, 4.69) is 68.6 Å². The lowest BCUT2D eigenvalue weighted by Crippen LogP contribution is -2.48. The van der Waals surface area contributed by atoms with Crippen LogP contribution in [0.5, 0.6) is 0 Å². The molecule has 2 aromatic carbocycles. The van der Waals surface area contributed by atoms with Crippen molar-refractivity contribution < 1.29 is 4.42 Å². The average molecular weight is 449 g/mol. The lowest BCUT2D eigenvalue weighted by molar-refractivity contribution is 0.201. The van der Waals surface area contributed by atoms with Crippen molar-refractivity contribution in [2.75, 3.05) is 31.1 Å². The summed E-state index contributed by atoms with van der Waals surface area (Å²) in [5.74, 6) is 1.64. The zero-order valence-corrected chi connectivity index (χ0v) is 18.7. The number of piperazine rings is 1. The van der Waals surface area contributed by atoms with Gasteiger partial charge in [-0.25, -0.2) is 4.68 Å². The number of anilines is 1. The monoisotopic (exact) mass is 448 g/mol. The molecule has 1 saturated heterocycles. The SMILES string of the molecule is Cc1ccc(Cl)cc1N1CCN(C(c2ccccc2)c2nnnn2Cc2ccco2)CC1. The van der Waals surface area contributed by atoms with Crippen LogP contribution in [-0.4, -0.2) is 51.3 Å². The molecule has 0 aliphatic carbocycles. The number of nitrogens with zero attached hydrogens (tertiary/aromatic N) is 6. The van der Waals surface area contributed by atoms with Gasteiger partial charge in [-0.1, -0.05) is 48.0 Å². The van der Waals surface area contributed by atoms with Crippen LogP contribution in [0.1, 0.15) is 28.8 Å². The minimum atomic E-state index is -0.0382. The van der Waals surface area contributed by atoms with Crippen molar-refractivity contribution in [2.24, 2.45) is 0 Å². The summed E-state index contributed by atoms with van der Waals surface area (Å²) >= 11 is 6.27. The van der Waals surface area contributed by atoms with E-state index in [0.29, 0.717) is 6.54 Å². The van der Waals surface area contributed by atoms with E-state index < -0.39 is 0 Å². The molecule has 3 heterocycles.